The molecule has 5 N–H and O–H groups in total. The van der Waals surface area contributed by atoms with Gasteiger partial charge in [-0.2, -0.15) is 0 Å². The van der Waals surface area contributed by atoms with Crippen LogP contribution in [0, 0.1) is 17.8 Å². The number of nitrogens with one attached hydrogen (secondary N) is 1. The van der Waals surface area contributed by atoms with E-state index in [1.54, 1.807) is 10.5 Å². The van der Waals surface area contributed by atoms with Crippen molar-refractivity contribution in [1.82, 2.24) is 19.6 Å². The summed E-state index contributed by atoms with van der Waals surface area (Å²) in [4.78, 5) is 20.1. The average molecular weight is 480 g/mol. The van der Waals surface area contributed by atoms with E-state index in [1.165, 1.54) is 0 Å². The molecule has 1 fully saturated rings. The number of nitrogens with zero attached hydrogens (tertiary/aromatic N) is 3. The maximum absolute atomic E-state index is 13.1. The molecule has 1 aliphatic heterocycles. The molecule has 4 unspecified atom stereocenters. The molecule has 1 saturated heterocycles. The Bertz CT molecular complexity index is 950. The van der Waals surface area contributed by atoms with E-state index in [-0.39, 0.29) is 31.0 Å². The molecule has 2 aromatic rings. The topological polar surface area (TPSA) is 116 Å². The molecule has 3 rings (SSSR count). The van der Waals surface area contributed by atoms with Crippen LogP contribution in [0.4, 0.5) is 5.82 Å². The lowest BCUT2D eigenvalue weighted by Crippen LogP contribution is -2.47. The molecule has 2 aromatic heterocycles. The lowest BCUT2D eigenvalue weighted by Gasteiger charge is -2.41. The molecular weight excluding hydrogens is 442 g/mol. The monoisotopic (exact) mass is 479 g/mol. The highest BCUT2D eigenvalue weighted by molar-refractivity contribution is 6.33. The largest absolute Gasteiger partial charge is 0.396 e. The number of nitrogens with two attached hydrogens (primary N) is 1. The number of hydrogen-bond acceptors (Lipinski definition) is 6. The molecule has 184 valence electrons. The second kappa shape index (κ2) is 11.5. The number of imidazole rings is 1. The number of aliphatic hydroxyl groups is 2. The van der Waals surface area contributed by atoms with E-state index < -0.39 is 0 Å². The van der Waals surface area contributed by atoms with Gasteiger partial charge in [0.1, 0.15) is 5.82 Å². The molecule has 0 bridgehead atoms. The van der Waals surface area contributed by atoms with Crippen molar-refractivity contribution in [2.45, 2.75) is 52.5 Å². The van der Waals surface area contributed by atoms with Crippen molar-refractivity contribution < 1.29 is 15.0 Å². The van der Waals surface area contributed by atoms with Crippen LogP contribution in [-0.4, -0.2) is 69.3 Å². The maximum Gasteiger partial charge on any atom is 0.255 e. The molecule has 9 heteroatoms. The smallest absolute Gasteiger partial charge is 0.255 e. The van der Waals surface area contributed by atoms with Crippen LogP contribution in [0.25, 0.3) is 5.65 Å². The van der Waals surface area contributed by atoms with Crippen molar-refractivity contribution in [2.75, 3.05) is 38.6 Å². The van der Waals surface area contributed by atoms with Crippen molar-refractivity contribution in [1.29, 1.82) is 0 Å². The molecule has 4 atom stereocenters. The lowest BCUT2D eigenvalue weighted by atomic mass is 9.85. The molecule has 3 heterocycles. The van der Waals surface area contributed by atoms with Crippen LogP contribution in [-0.2, 0) is 6.42 Å². The molecule has 0 aliphatic carbocycles. The summed E-state index contributed by atoms with van der Waals surface area (Å²) in [5, 5.41) is 22.4. The van der Waals surface area contributed by atoms with Crippen molar-refractivity contribution >= 4 is 29.0 Å². The van der Waals surface area contributed by atoms with Crippen LogP contribution in [0.5, 0.6) is 0 Å². The van der Waals surface area contributed by atoms with Crippen LogP contribution >= 0.6 is 11.6 Å². The first-order valence-electron chi connectivity index (χ1n) is 12.0. The van der Waals surface area contributed by atoms with Crippen LogP contribution in [0.2, 0.25) is 5.02 Å². The zero-order valence-corrected chi connectivity index (χ0v) is 20.7. The van der Waals surface area contributed by atoms with Gasteiger partial charge in [0.25, 0.3) is 5.91 Å². The number of aromatic nitrogens is 2. The Morgan fingerprint density at radius 1 is 1.33 bits per heavy atom. The highest BCUT2D eigenvalue weighted by Crippen LogP contribution is 2.28. The van der Waals surface area contributed by atoms with E-state index in [0.717, 1.165) is 44.5 Å². The average Bonchev–Trinajstić information content (AvgIpc) is 3.25. The van der Waals surface area contributed by atoms with Gasteiger partial charge in [-0.3, -0.25) is 9.20 Å². The van der Waals surface area contributed by atoms with Gasteiger partial charge in [-0.25, -0.2) is 4.98 Å². The van der Waals surface area contributed by atoms with Gasteiger partial charge in [0.15, 0.2) is 5.65 Å². The standard InChI is InChI=1S/C24H38ClN5O3/c1-4-18-12-30-22(26)21(25)9-20(23(30)28-18)24(33)27-10-17-5-6-29(11-16(3)14-32)19(8-17)7-15(2)13-31/h9,12,15-17,19,31-32H,4-8,10-11,13-14,26H2,1-3H3,(H,27,33). The first-order chi connectivity index (χ1) is 15.8. The Hall–Kier alpha value is -1.87. The summed E-state index contributed by atoms with van der Waals surface area (Å²) < 4.78 is 1.68. The molecule has 0 aromatic carbocycles. The second-order valence-corrected chi connectivity index (χ2v) is 10.0. The van der Waals surface area contributed by atoms with Gasteiger partial charge < -0.3 is 26.2 Å². The van der Waals surface area contributed by atoms with Gasteiger partial charge in [-0.05, 0) is 56.0 Å². The second-order valence-electron chi connectivity index (χ2n) is 9.63. The molecule has 8 nitrogen and oxygen atoms in total. The minimum absolute atomic E-state index is 0.166. The third-order valence-corrected chi connectivity index (χ3v) is 7.02. The van der Waals surface area contributed by atoms with Crippen molar-refractivity contribution in [3.8, 4) is 0 Å². The summed E-state index contributed by atoms with van der Waals surface area (Å²) in [5.41, 5.74) is 7.89. The first-order valence-corrected chi connectivity index (χ1v) is 12.3. The molecule has 1 amide bonds. The number of carbonyl (C=O) groups is 1. The van der Waals surface area contributed by atoms with Crippen LogP contribution in [0.1, 0.15) is 56.1 Å². The number of likely N-dealkylation sites (tertiary alicyclic amines) is 1. The summed E-state index contributed by atoms with van der Waals surface area (Å²) in [6, 6.07) is 1.92. The normalized spacial score (nSPS) is 21.3. The number of hydrogen-bond donors (Lipinski definition) is 4. The van der Waals surface area contributed by atoms with Crippen LogP contribution in [0.3, 0.4) is 0 Å². The Morgan fingerprint density at radius 3 is 2.73 bits per heavy atom. The van der Waals surface area contributed by atoms with Gasteiger partial charge in [0, 0.05) is 38.5 Å². The number of nitrogen functional groups attached to an aromatic ring is 1. The van der Waals surface area contributed by atoms with Gasteiger partial charge in [-0.15, -0.1) is 0 Å². The number of anilines is 1. The summed E-state index contributed by atoms with van der Waals surface area (Å²) in [5.74, 6) is 0.950. The number of amides is 1. The quantitative estimate of drug-likeness (QED) is 0.416. The maximum atomic E-state index is 13.1. The van der Waals surface area contributed by atoms with E-state index in [4.69, 9.17) is 17.3 Å². The third kappa shape index (κ3) is 6.18. The SMILES string of the molecule is CCc1cn2c(N)c(Cl)cc(C(=O)NCC3CCN(CC(C)CO)C(CC(C)CO)C3)c2n1. The lowest BCUT2D eigenvalue weighted by molar-refractivity contribution is 0.0607. The van der Waals surface area contributed by atoms with Crippen LogP contribution in [0.15, 0.2) is 12.3 Å². The number of carbonyl (C=O) groups excluding carboxylic acids is 1. The minimum atomic E-state index is -0.202. The van der Waals surface area contributed by atoms with Gasteiger partial charge in [0.05, 0.1) is 16.3 Å². The van der Waals surface area contributed by atoms with Crippen LogP contribution < -0.4 is 11.1 Å². The molecule has 33 heavy (non-hydrogen) atoms. The van der Waals surface area contributed by atoms with Gasteiger partial charge in [-0.1, -0.05) is 32.4 Å². The van der Waals surface area contributed by atoms with Crippen molar-refractivity contribution in [2.24, 2.45) is 17.8 Å². The zero-order valence-electron chi connectivity index (χ0n) is 19.9. The third-order valence-electron chi connectivity index (χ3n) is 6.72. The number of pyridine rings is 1. The van der Waals surface area contributed by atoms with E-state index in [9.17, 15) is 15.0 Å². The summed E-state index contributed by atoms with van der Waals surface area (Å²) in [7, 11) is 0. The van der Waals surface area contributed by atoms with Gasteiger partial charge >= 0.3 is 0 Å². The van der Waals surface area contributed by atoms with E-state index in [2.05, 4.69) is 29.0 Å². The fraction of sp³-hybridized carbons (Fsp3) is 0.667. The highest BCUT2D eigenvalue weighted by atomic mass is 35.5. The molecule has 0 spiro atoms. The Balaban J connectivity index is 1.68. The molecule has 0 saturated carbocycles. The Morgan fingerprint density at radius 2 is 2.06 bits per heavy atom. The van der Waals surface area contributed by atoms with E-state index in [0.29, 0.717) is 40.6 Å². The molecular formula is C24H38ClN5O3. The number of piperidine rings is 1. The predicted octanol–water partition coefficient (Wildman–Crippen LogP) is 2.59. The van der Waals surface area contributed by atoms with E-state index in [1.807, 2.05) is 13.1 Å². The Kier molecular flexibility index (Phi) is 8.98. The number of fused-ring (bicyclic) bond motifs is 1. The van der Waals surface area contributed by atoms with Gasteiger partial charge in [0.2, 0.25) is 0 Å². The summed E-state index contributed by atoms with van der Waals surface area (Å²) >= 11 is 6.29. The zero-order chi connectivity index (χ0) is 24.1. The number of aliphatic hydroxyl groups excluding tert-OH is 2. The minimum Gasteiger partial charge on any atom is -0.396 e. The number of halogens is 1. The number of rotatable bonds is 10. The Labute approximate surface area is 201 Å². The number of aryl methyl sites for hydroxylation is 1. The van der Waals surface area contributed by atoms with E-state index >= 15 is 0 Å². The van der Waals surface area contributed by atoms with Crippen molar-refractivity contribution in [3.05, 3.63) is 28.5 Å². The molecule has 0 radical (unpaired) electrons. The van der Waals surface area contributed by atoms with Crippen molar-refractivity contribution in [3.63, 3.8) is 0 Å². The summed E-state index contributed by atoms with van der Waals surface area (Å²) in [6.07, 6.45) is 5.39. The first kappa shape index (κ1) is 25.7. The predicted molar refractivity (Wildman–Crippen MR) is 132 cm³/mol. The fourth-order valence-corrected chi connectivity index (χ4v) is 4.90. The molecule has 1 aliphatic rings. The highest BCUT2D eigenvalue weighted by Gasteiger charge is 2.30. The fourth-order valence-electron chi connectivity index (χ4n) is 4.70. The summed E-state index contributed by atoms with van der Waals surface area (Å²) in [6.45, 7) is 8.79.